The molecule has 2 aliphatic heterocycles. The molecule has 2 aliphatic rings. The summed E-state index contributed by atoms with van der Waals surface area (Å²) in [6, 6.07) is 28.7. The number of hydrogen-bond donors (Lipinski definition) is 1. The highest BCUT2D eigenvalue weighted by atomic mass is 32.2. The molecule has 0 bridgehead atoms. The normalized spacial score (nSPS) is 15.0. The number of carbonyl (C=O) groups is 1. The van der Waals surface area contributed by atoms with Crippen molar-refractivity contribution >= 4 is 34.6 Å². The summed E-state index contributed by atoms with van der Waals surface area (Å²) in [4.78, 5) is 18.6. The van der Waals surface area contributed by atoms with Crippen molar-refractivity contribution in [3.8, 4) is 34.2 Å². The van der Waals surface area contributed by atoms with E-state index in [0.29, 0.717) is 24.5 Å². The van der Waals surface area contributed by atoms with Gasteiger partial charge in [0.25, 0.3) is 0 Å². The molecule has 3 aromatic carbocycles. The van der Waals surface area contributed by atoms with E-state index in [2.05, 4.69) is 39.6 Å². The number of rotatable bonds is 6. The van der Waals surface area contributed by atoms with Crippen molar-refractivity contribution in [1.29, 1.82) is 5.26 Å². The van der Waals surface area contributed by atoms with E-state index in [-0.39, 0.29) is 12.0 Å². The molecule has 7 nitrogen and oxygen atoms in total. The molecule has 242 valence electrons. The lowest BCUT2D eigenvalue weighted by atomic mass is 9.86. The molecule has 0 unspecified atom stereocenters. The second-order valence-electron chi connectivity index (χ2n) is 11.4. The Balaban J connectivity index is 0.00000105. The number of anilines is 1. The lowest BCUT2D eigenvalue weighted by Gasteiger charge is -2.23. The zero-order valence-corrected chi connectivity index (χ0v) is 28.8. The SMILES string of the molecule is CC.CC.CC1(C)C(=O)Nc2cc(-c3cc4c(-c5ccc(OC6CCOCC6)c(C#N)c5)ccnc4n3Sc3ccccc3)ccc21. The first-order valence-corrected chi connectivity index (χ1v) is 17.2. The summed E-state index contributed by atoms with van der Waals surface area (Å²) < 4.78 is 13.8. The Morgan fingerprint density at radius 2 is 1.68 bits per heavy atom. The number of benzene rings is 3. The molecule has 47 heavy (non-hydrogen) atoms. The number of carbonyl (C=O) groups excluding carboxylic acids is 1. The summed E-state index contributed by atoms with van der Waals surface area (Å²) in [6.07, 6.45) is 3.50. The fraction of sp³-hybridized carbons (Fsp3) is 0.308. The second kappa shape index (κ2) is 14.9. The van der Waals surface area contributed by atoms with Crippen LogP contribution in [0.5, 0.6) is 5.75 Å². The quantitative estimate of drug-likeness (QED) is 0.198. The maximum atomic E-state index is 12.7. The molecule has 0 saturated carbocycles. The van der Waals surface area contributed by atoms with E-state index in [1.165, 1.54) is 0 Å². The Kier molecular flexibility index (Phi) is 10.7. The molecule has 7 rings (SSSR count). The molecular weight excluding hydrogens is 605 g/mol. The van der Waals surface area contributed by atoms with Gasteiger partial charge in [-0.1, -0.05) is 64.1 Å². The van der Waals surface area contributed by atoms with E-state index in [4.69, 9.17) is 14.5 Å². The van der Waals surface area contributed by atoms with Crippen LogP contribution < -0.4 is 10.1 Å². The summed E-state index contributed by atoms with van der Waals surface area (Å²) in [7, 11) is 0. The number of fused-ring (bicyclic) bond motifs is 2. The van der Waals surface area contributed by atoms with E-state index in [1.807, 2.05) is 102 Å². The van der Waals surface area contributed by atoms with Gasteiger partial charge in [0.15, 0.2) is 5.65 Å². The van der Waals surface area contributed by atoms with Gasteiger partial charge in [-0.25, -0.2) is 4.98 Å². The van der Waals surface area contributed by atoms with Crippen LogP contribution in [-0.2, 0) is 14.9 Å². The molecule has 5 aromatic rings. The summed E-state index contributed by atoms with van der Waals surface area (Å²) >= 11 is 1.60. The molecule has 0 spiro atoms. The Labute approximate surface area is 282 Å². The summed E-state index contributed by atoms with van der Waals surface area (Å²) in [5, 5.41) is 14.1. The fourth-order valence-corrected chi connectivity index (χ4v) is 6.80. The number of hydrogen-bond acceptors (Lipinski definition) is 6. The van der Waals surface area contributed by atoms with Crippen LogP contribution in [0.15, 0.2) is 90.0 Å². The molecule has 0 radical (unpaired) electrons. The third-order valence-corrected chi connectivity index (χ3v) is 9.31. The number of aromatic nitrogens is 2. The van der Waals surface area contributed by atoms with Crippen LogP contribution in [0.4, 0.5) is 5.69 Å². The Morgan fingerprint density at radius 1 is 0.957 bits per heavy atom. The molecule has 0 aliphatic carbocycles. The molecule has 2 aromatic heterocycles. The molecule has 4 heterocycles. The van der Waals surface area contributed by atoms with Gasteiger partial charge in [0, 0.05) is 40.6 Å². The molecule has 1 saturated heterocycles. The highest BCUT2D eigenvalue weighted by Gasteiger charge is 2.38. The van der Waals surface area contributed by atoms with Crippen LogP contribution in [0.3, 0.4) is 0 Å². The first-order valence-electron chi connectivity index (χ1n) is 16.4. The van der Waals surface area contributed by atoms with Gasteiger partial charge >= 0.3 is 0 Å². The second-order valence-corrected chi connectivity index (χ2v) is 12.4. The minimum absolute atomic E-state index is 0.000325. The van der Waals surface area contributed by atoms with E-state index < -0.39 is 5.41 Å². The maximum absolute atomic E-state index is 12.7. The molecular formula is C39H42N4O3S. The third-order valence-electron chi connectivity index (χ3n) is 8.28. The average Bonchev–Trinajstić information content (AvgIpc) is 3.60. The van der Waals surface area contributed by atoms with Crippen LogP contribution >= 0.6 is 11.9 Å². The van der Waals surface area contributed by atoms with Crippen molar-refractivity contribution in [2.24, 2.45) is 0 Å². The first kappa shape index (κ1) is 33.8. The standard InChI is InChI=1S/C35H30N4O3S.2C2H6/c1-35(2)29-10-8-23(19-30(29)38-34(35)40)31-20-28-27(12-15-37-33(28)39(31)43-26-6-4-3-5-7-26)22-9-11-32(24(18-22)21-36)42-25-13-16-41-17-14-25;2*1-2/h3-12,15,18-20,25H,13-14,16-17H2,1-2H3,(H,38,40);2*1-2H3. The maximum Gasteiger partial charge on any atom is 0.234 e. The van der Waals surface area contributed by atoms with E-state index in [0.717, 1.165) is 62.4 Å². The predicted octanol–water partition coefficient (Wildman–Crippen LogP) is 9.64. The minimum Gasteiger partial charge on any atom is -0.489 e. The zero-order chi connectivity index (χ0) is 33.6. The van der Waals surface area contributed by atoms with E-state index >= 15 is 0 Å². The third kappa shape index (κ3) is 6.78. The van der Waals surface area contributed by atoms with Crippen LogP contribution in [-0.4, -0.2) is 34.2 Å². The minimum atomic E-state index is -0.576. The summed E-state index contributed by atoms with van der Waals surface area (Å²) in [5.74, 6) is 0.602. The van der Waals surface area contributed by atoms with Crippen LogP contribution in [0.2, 0.25) is 0 Å². The highest BCUT2D eigenvalue weighted by Crippen LogP contribution is 2.43. The predicted molar refractivity (Wildman–Crippen MR) is 192 cm³/mol. The highest BCUT2D eigenvalue weighted by molar-refractivity contribution is 7.98. The van der Waals surface area contributed by atoms with Gasteiger partial charge in [-0.2, -0.15) is 5.26 Å². The largest absolute Gasteiger partial charge is 0.489 e. The van der Waals surface area contributed by atoms with Crippen molar-refractivity contribution in [2.75, 3.05) is 18.5 Å². The van der Waals surface area contributed by atoms with Gasteiger partial charge in [0.1, 0.15) is 17.9 Å². The fourth-order valence-electron chi connectivity index (χ4n) is 5.82. The van der Waals surface area contributed by atoms with E-state index in [1.54, 1.807) is 11.9 Å². The van der Waals surface area contributed by atoms with Gasteiger partial charge in [-0.3, -0.25) is 8.77 Å². The molecule has 1 N–H and O–H groups in total. The van der Waals surface area contributed by atoms with Crippen LogP contribution in [0, 0.1) is 11.3 Å². The van der Waals surface area contributed by atoms with Crippen molar-refractivity contribution in [3.05, 3.63) is 96.2 Å². The summed E-state index contributed by atoms with van der Waals surface area (Å²) in [5.41, 5.74) is 6.39. The Bertz CT molecular complexity index is 1900. The first-order chi connectivity index (χ1) is 22.9. The van der Waals surface area contributed by atoms with Crippen molar-refractivity contribution < 1.29 is 14.3 Å². The van der Waals surface area contributed by atoms with Crippen LogP contribution in [0.1, 0.15) is 65.5 Å². The topological polar surface area (TPSA) is 89.2 Å². The van der Waals surface area contributed by atoms with Crippen molar-refractivity contribution in [3.63, 3.8) is 0 Å². The van der Waals surface area contributed by atoms with Crippen molar-refractivity contribution in [1.82, 2.24) is 8.96 Å². The molecule has 0 atom stereocenters. The van der Waals surface area contributed by atoms with Gasteiger partial charge in [-0.15, -0.1) is 0 Å². The summed E-state index contributed by atoms with van der Waals surface area (Å²) in [6.45, 7) is 13.2. The van der Waals surface area contributed by atoms with Gasteiger partial charge in [0.2, 0.25) is 5.91 Å². The number of nitrogens with one attached hydrogen (secondary N) is 1. The molecule has 8 heteroatoms. The lowest BCUT2D eigenvalue weighted by Crippen LogP contribution is -2.26. The zero-order valence-electron chi connectivity index (χ0n) is 28.0. The van der Waals surface area contributed by atoms with E-state index in [9.17, 15) is 10.1 Å². The average molecular weight is 647 g/mol. The smallest absolute Gasteiger partial charge is 0.234 e. The molecule has 1 fully saturated rings. The van der Waals surface area contributed by atoms with Gasteiger partial charge in [0.05, 0.1) is 29.9 Å². The van der Waals surface area contributed by atoms with Crippen LogP contribution in [0.25, 0.3) is 33.4 Å². The van der Waals surface area contributed by atoms with Gasteiger partial charge < -0.3 is 14.8 Å². The van der Waals surface area contributed by atoms with Gasteiger partial charge in [-0.05, 0) is 85.0 Å². The monoisotopic (exact) mass is 646 g/mol. The number of nitriles is 1. The number of pyridine rings is 1. The number of amides is 1. The van der Waals surface area contributed by atoms with Crippen molar-refractivity contribution in [2.45, 2.75) is 70.8 Å². The Hall–Kier alpha value is -4.58. The number of nitrogens with zero attached hydrogens (tertiary/aromatic N) is 3. The lowest BCUT2D eigenvalue weighted by molar-refractivity contribution is -0.119. The Morgan fingerprint density at radius 3 is 2.40 bits per heavy atom. The molecule has 1 amide bonds. The number of ether oxygens (including phenoxy) is 2.